The predicted molar refractivity (Wildman–Crippen MR) is 96.0 cm³/mol. The number of nitrogens with one attached hydrogen (secondary N) is 2. The van der Waals surface area contributed by atoms with Crippen molar-refractivity contribution in [2.24, 2.45) is 0 Å². The monoisotopic (exact) mass is 365 g/mol. The fourth-order valence-electron chi connectivity index (χ4n) is 3.00. The van der Waals surface area contributed by atoms with E-state index in [0.29, 0.717) is 18.1 Å². The normalized spacial score (nSPS) is 16.2. The Labute approximate surface area is 152 Å². The number of hydrogen-bond donors (Lipinski definition) is 2. The van der Waals surface area contributed by atoms with Gasteiger partial charge in [-0.3, -0.25) is 14.4 Å². The maximum absolute atomic E-state index is 12.4. The van der Waals surface area contributed by atoms with Gasteiger partial charge in [-0.05, 0) is 30.5 Å². The first-order valence-electron chi connectivity index (χ1n) is 8.42. The van der Waals surface area contributed by atoms with Gasteiger partial charge in [0.05, 0.1) is 12.5 Å². The molecular formula is C18H24ClN3O3. The van der Waals surface area contributed by atoms with Gasteiger partial charge in [0, 0.05) is 38.0 Å². The summed E-state index contributed by atoms with van der Waals surface area (Å²) in [6.45, 7) is 4.31. The Morgan fingerprint density at radius 1 is 1.16 bits per heavy atom. The average Bonchev–Trinajstić information content (AvgIpc) is 2.55. The van der Waals surface area contributed by atoms with Crippen molar-refractivity contribution in [3.05, 3.63) is 34.9 Å². The minimum atomic E-state index is -0.396. The van der Waals surface area contributed by atoms with E-state index in [1.54, 1.807) is 24.0 Å². The topological polar surface area (TPSA) is 78.5 Å². The van der Waals surface area contributed by atoms with Gasteiger partial charge in [0.2, 0.25) is 17.7 Å². The molecule has 25 heavy (non-hydrogen) atoms. The van der Waals surface area contributed by atoms with Crippen LogP contribution in [0.2, 0.25) is 5.02 Å². The van der Waals surface area contributed by atoms with Crippen LogP contribution in [-0.2, 0) is 14.4 Å². The second kappa shape index (κ2) is 8.85. The van der Waals surface area contributed by atoms with Gasteiger partial charge in [-0.1, -0.05) is 23.7 Å². The number of piperidine rings is 1. The van der Waals surface area contributed by atoms with Crippen LogP contribution in [0.3, 0.4) is 0 Å². The Balaban J connectivity index is 1.92. The molecule has 1 fully saturated rings. The van der Waals surface area contributed by atoms with Gasteiger partial charge in [-0.2, -0.15) is 0 Å². The first-order chi connectivity index (χ1) is 11.8. The molecule has 1 aliphatic rings. The van der Waals surface area contributed by atoms with E-state index in [-0.39, 0.29) is 30.2 Å². The summed E-state index contributed by atoms with van der Waals surface area (Å²) in [7, 11) is 0. The lowest BCUT2D eigenvalue weighted by atomic mass is 10.0. The standard InChI is InChI=1S/C18H24ClN3O3/c1-12(23)20-17(14-3-5-15(19)6-4-14)11-18(25)21-16-7-9-22(10-8-16)13(2)24/h3-6,16-17H,7-11H2,1-2H3,(H,20,23)(H,21,25). The van der Waals surface area contributed by atoms with Gasteiger partial charge in [-0.15, -0.1) is 0 Å². The Morgan fingerprint density at radius 2 is 1.76 bits per heavy atom. The zero-order valence-electron chi connectivity index (χ0n) is 14.5. The molecule has 1 aliphatic heterocycles. The van der Waals surface area contributed by atoms with Gasteiger partial charge >= 0.3 is 0 Å². The van der Waals surface area contributed by atoms with E-state index < -0.39 is 6.04 Å². The summed E-state index contributed by atoms with van der Waals surface area (Å²) < 4.78 is 0. The Hall–Kier alpha value is -2.08. The summed E-state index contributed by atoms with van der Waals surface area (Å²) in [5.41, 5.74) is 0.834. The molecule has 7 heteroatoms. The largest absolute Gasteiger partial charge is 0.353 e. The van der Waals surface area contributed by atoms with Crippen molar-refractivity contribution in [1.82, 2.24) is 15.5 Å². The Kier molecular flexibility index (Phi) is 6.82. The quantitative estimate of drug-likeness (QED) is 0.838. The van der Waals surface area contributed by atoms with Crippen molar-refractivity contribution in [3.63, 3.8) is 0 Å². The zero-order valence-corrected chi connectivity index (χ0v) is 15.3. The lowest BCUT2D eigenvalue weighted by Gasteiger charge is -2.32. The number of rotatable bonds is 5. The van der Waals surface area contributed by atoms with Crippen LogP contribution in [0.1, 0.15) is 44.7 Å². The molecule has 0 aromatic heterocycles. The molecule has 1 unspecified atom stereocenters. The lowest BCUT2D eigenvalue weighted by molar-refractivity contribution is -0.130. The first-order valence-corrected chi connectivity index (χ1v) is 8.80. The molecule has 6 nitrogen and oxygen atoms in total. The molecule has 1 aromatic carbocycles. The highest BCUT2D eigenvalue weighted by Gasteiger charge is 2.24. The molecule has 2 N–H and O–H groups in total. The lowest BCUT2D eigenvalue weighted by Crippen LogP contribution is -2.46. The highest BCUT2D eigenvalue weighted by atomic mass is 35.5. The maximum Gasteiger partial charge on any atom is 0.222 e. The van der Waals surface area contributed by atoms with Crippen molar-refractivity contribution < 1.29 is 14.4 Å². The number of amides is 3. The minimum absolute atomic E-state index is 0.0614. The van der Waals surface area contributed by atoms with Crippen molar-refractivity contribution in [2.45, 2.75) is 45.2 Å². The fraction of sp³-hybridized carbons (Fsp3) is 0.500. The smallest absolute Gasteiger partial charge is 0.222 e. The molecule has 3 amide bonds. The van der Waals surface area contributed by atoms with Gasteiger partial charge in [0.15, 0.2) is 0 Å². The number of halogens is 1. The first kappa shape index (κ1) is 19.2. The van der Waals surface area contributed by atoms with Gasteiger partial charge in [0.25, 0.3) is 0 Å². The van der Waals surface area contributed by atoms with E-state index in [9.17, 15) is 14.4 Å². The van der Waals surface area contributed by atoms with Gasteiger partial charge in [0.1, 0.15) is 0 Å². The number of likely N-dealkylation sites (tertiary alicyclic amines) is 1. The Bertz CT molecular complexity index is 625. The van der Waals surface area contributed by atoms with Crippen molar-refractivity contribution in [1.29, 1.82) is 0 Å². The SMILES string of the molecule is CC(=O)NC(CC(=O)NC1CCN(C(C)=O)CC1)c1ccc(Cl)cc1. The van der Waals surface area contributed by atoms with Crippen LogP contribution in [0.15, 0.2) is 24.3 Å². The molecule has 0 saturated carbocycles. The summed E-state index contributed by atoms with van der Waals surface area (Å²) in [6, 6.07) is 6.75. The maximum atomic E-state index is 12.4. The zero-order chi connectivity index (χ0) is 18.4. The van der Waals surface area contributed by atoms with Crippen molar-refractivity contribution >= 4 is 29.3 Å². The average molecular weight is 366 g/mol. The number of carbonyl (C=O) groups is 3. The van der Waals surface area contributed by atoms with Gasteiger partial charge < -0.3 is 15.5 Å². The van der Waals surface area contributed by atoms with Crippen LogP contribution in [0.5, 0.6) is 0 Å². The van der Waals surface area contributed by atoms with E-state index >= 15 is 0 Å². The summed E-state index contributed by atoms with van der Waals surface area (Å²) >= 11 is 5.90. The number of nitrogens with zero attached hydrogens (tertiary/aromatic N) is 1. The third kappa shape index (κ3) is 6.05. The molecule has 2 rings (SSSR count). The number of hydrogen-bond acceptors (Lipinski definition) is 3. The summed E-state index contributed by atoms with van der Waals surface area (Å²) in [5.74, 6) is -0.240. The molecular weight excluding hydrogens is 342 g/mol. The number of benzene rings is 1. The van der Waals surface area contributed by atoms with E-state index in [1.807, 2.05) is 12.1 Å². The predicted octanol–water partition coefficient (Wildman–Crippen LogP) is 2.03. The minimum Gasteiger partial charge on any atom is -0.353 e. The summed E-state index contributed by atoms with van der Waals surface area (Å²) in [5, 5.41) is 6.42. The molecule has 1 aromatic rings. The van der Waals surface area contributed by atoms with Crippen LogP contribution in [0.25, 0.3) is 0 Å². The highest BCUT2D eigenvalue weighted by Crippen LogP contribution is 2.20. The third-order valence-corrected chi connectivity index (χ3v) is 4.60. The van der Waals surface area contributed by atoms with E-state index in [1.165, 1.54) is 6.92 Å². The highest BCUT2D eigenvalue weighted by molar-refractivity contribution is 6.30. The third-order valence-electron chi connectivity index (χ3n) is 4.34. The van der Waals surface area contributed by atoms with Crippen LogP contribution in [0, 0.1) is 0 Å². The van der Waals surface area contributed by atoms with Crippen molar-refractivity contribution in [3.8, 4) is 0 Å². The fourth-order valence-corrected chi connectivity index (χ4v) is 3.13. The van der Waals surface area contributed by atoms with Crippen molar-refractivity contribution in [2.75, 3.05) is 13.1 Å². The van der Waals surface area contributed by atoms with Crippen LogP contribution >= 0.6 is 11.6 Å². The van der Waals surface area contributed by atoms with E-state index in [2.05, 4.69) is 10.6 Å². The van der Waals surface area contributed by atoms with E-state index in [0.717, 1.165) is 18.4 Å². The second-order valence-electron chi connectivity index (χ2n) is 6.36. The number of carbonyl (C=O) groups excluding carboxylic acids is 3. The molecule has 0 aliphatic carbocycles. The van der Waals surface area contributed by atoms with Gasteiger partial charge in [-0.25, -0.2) is 0 Å². The molecule has 136 valence electrons. The summed E-state index contributed by atoms with van der Waals surface area (Å²) in [4.78, 5) is 37.0. The molecule has 0 bridgehead atoms. The van der Waals surface area contributed by atoms with Crippen LogP contribution in [-0.4, -0.2) is 41.8 Å². The molecule has 0 spiro atoms. The van der Waals surface area contributed by atoms with E-state index in [4.69, 9.17) is 11.6 Å². The Morgan fingerprint density at radius 3 is 2.28 bits per heavy atom. The second-order valence-corrected chi connectivity index (χ2v) is 6.79. The molecule has 1 atom stereocenters. The molecule has 1 saturated heterocycles. The molecule has 0 radical (unpaired) electrons. The molecule has 1 heterocycles. The van der Waals surface area contributed by atoms with Crippen LogP contribution in [0.4, 0.5) is 0 Å². The summed E-state index contributed by atoms with van der Waals surface area (Å²) in [6.07, 6.45) is 1.66. The van der Waals surface area contributed by atoms with Crippen LogP contribution < -0.4 is 10.6 Å².